The molecule has 0 rings (SSSR count). The van der Waals surface area contributed by atoms with E-state index in [1.54, 1.807) is 0 Å². The summed E-state index contributed by atoms with van der Waals surface area (Å²) in [7, 11) is 0. The van der Waals surface area contributed by atoms with Crippen LogP contribution in [0.4, 0.5) is 0 Å². The summed E-state index contributed by atoms with van der Waals surface area (Å²) in [4.78, 5) is 0. The van der Waals surface area contributed by atoms with Crippen molar-refractivity contribution >= 4 is 26.8 Å². The molecule has 2 heteroatoms. The van der Waals surface area contributed by atoms with Crippen LogP contribution in [0.2, 0.25) is 10.6 Å². The summed E-state index contributed by atoms with van der Waals surface area (Å²) in [6, 6.07) is 0. The zero-order valence-electron chi connectivity index (χ0n) is 5.49. The van der Waals surface area contributed by atoms with E-state index in [-0.39, 0.29) is 0 Å². The number of unbranched alkanes of at least 4 members (excludes halogenated alkanes) is 1. The Hall–Kier alpha value is 0.822. The fourth-order valence-corrected chi connectivity index (χ4v) is 2.17. The van der Waals surface area contributed by atoms with E-state index >= 15 is 0 Å². The Morgan fingerprint density at radius 2 is 2.12 bits per heavy atom. The van der Waals surface area contributed by atoms with E-state index in [4.69, 9.17) is 11.6 Å². The van der Waals surface area contributed by atoms with Crippen LogP contribution < -0.4 is 0 Å². The van der Waals surface area contributed by atoms with Crippen molar-refractivity contribution in [2.75, 3.05) is 5.88 Å². The largest absolute Gasteiger partial charge is 0.201 e. The summed E-state index contributed by atoms with van der Waals surface area (Å²) >= 11 is 6.19. The van der Waals surface area contributed by atoms with Gasteiger partial charge in [0.15, 0.2) is 0 Å². The Bertz CT molecular complexity index is 33.5. The summed E-state index contributed by atoms with van der Waals surface area (Å²) in [5.41, 5.74) is 0. The van der Waals surface area contributed by atoms with Gasteiger partial charge < -0.3 is 0 Å². The number of hydrogen-bond donors (Lipinski definition) is 0. The molecule has 0 aliphatic rings. The number of halogens is 1. The van der Waals surface area contributed by atoms with Gasteiger partial charge in [-0.2, -0.15) is 0 Å². The highest BCUT2D eigenvalue weighted by Crippen LogP contribution is 1.96. The maximum Gasteiger partial charge on any atom is 0.201 e. The molecule has 0 aliphatic carbocycles. The van der Waals surface area contributed by atoms with Gasteiger partial charge in [0.25, 0.3) is 0 Å². The quantitative estimate of drug-likeness (QED) is 0.319. The number of rotatable bonds is 5. The summed E-state index contributed by atoms with van der Waals surface area (Å²) in [5, 5.41) is 2.73. The van der Waals surface area contributed by atoms with Crippen molar-refractivity contribution in [1.29, 1.82) is 0 Å². The van der Waals surface area contributed by atoms with Gasteiger partial charge in [-0.25, -0.2) is 0 Å². The lowest BCUT2D eigenvalue weighted by atomic mass is 10.4. The minimum absolute atomic E-state index is 0.688. The maximum absolute atomic E-state index is 5.50. The first kappa shape index (κ1) is 8.82. The third-order valence-electron chi connectivity index (χ3n) is 1.08. The first-order chi connectivity index (χ1) is 3.91. The Labute approximate surface area is 63.3 Å². The van der Waals surface area contributed by atoms with Crippen molar-refractivity contribution in [3.63, 3.8) is 0 Å². The second kappa shape index (κ2) is 7.82. The van der Waals surface area contributed by atoms with Crippen LogP contribution in [0.3, 0.4) is 0 Å². The van der Waals surface area contributed by atoms with Crippen molar-refractivity contribution in [3.05, 3.63) is 0 Å². The van der Waals surface area contributed by atoms with Crippen LogP contribution in [0.5, 0.6) is 0 Å². The normalized spacial score (nSPS) is 9.25. The van der Waals surface area contributed by atoms with E-state index < -0.39 is 0 Å². The molecule has 0 saturated carbocycles. The van der Waals surface area contributed by atoms with Gasteiger partial charge in [0.1, 0.15) is 0 Å². The zero-order valence-corrected chi connectivity index (χ0v) is 7.40. The summed E-state index contributed by atoms with van der Waals surface area (Å²) in [6.07, 6.45) is 2.75. The van der Waals surface area contributed by atoms with Crippen molar-refractivity contribution < 1.29 is 0 Å². The molecule has 0 aromatic rings. The molecule has 1 radical (unpaired) electrons. The number of hydrogen-bond acceptors (Lipinski definition) is 0. The summed E-state index contributed by atoms with van der Waals surface area (Å²) in [5.74, 6) is 0.874. The molecule has 8 heavy (non-hydrogen) atoms. The molecule has 0 fully saturated rings. The lowest BCUT2D eigenvalue weighted by Gasteiger charge is -1.90. The smallest absolute Gasteiger partial charge is 0.128 e. The van der Waals surface area contributed by atoms with Crippen molar-refractivity contribution in [2.24, 2.45) is 0 Å². The number of alkyl halides is 1. The van der Waals surface area contributed by atoms with Crippen LogP contribution in [0.25, 0.3) is 0 Å². The molecule has 0 atom stereocenters. The molecule has 0 saturated heterocycles. The zero-order chi connectivity index (χ0) is 6.24. The van der Waals surface area contributed by atoms with E-state index in [2.05, 4.69) is 6.92 Å². The lowest BCUT2D eigenvalue weighted by Crippen LogP contribution is -1.88. The fourth-order valence-electron chi connectivity index (χ4n) is 0.570. The van der Waals surface area contributed by atoms with E-state index in [1.807, 2.05) is 0 Å². The van der Waals surface area contributed by atoms with E-state index in [0.717, 1.165) is 5.88 Å². The molecule has 0 spiro atoms. The fraction of sp³-hybridized carbons (Fsp3) is 1.00. The molecule has 0 aliphatic heterocycles. The van der Waals surface area contributed by atoms with Crippen molar-refractivity contribution in [1.82, 2.24) is 0 Å². The van der Waals surface area contributed by atoms with Gasteiger partial charge in [-0.15, -0.1) is 16.9 Å². The minimum Gasteiger partial charge on any atom is -0.128 e. The second-order valence-electron chi connectivity index (χ2n) is 1.91. The van der Waals surface area contributed by atoms with Crippen molar-refractivity contribution in [2.45, 2.75) is 30.3 Å². The highest BCUT2D eigenvalue weighted by atomic mass is 35.5. The predicted molar refractivity (Wildman–Crippen MR) is 41.0 cm³/mol. The van der Waals surface area contributed by atoms with Crippen LogP contribution in [0.15, 0.2) is 0 Å². The molecular formula is C6H13AlCl. The van der Waals surface area contributed by atoms with E-state index in [9.17, 15) is 0 Å². The monoisotopic (exact) mass is 147 g/mol. The summed E-state index contributed by atoms with van der Waals surface area (Å²) in [6.45, 7) is 2.24. The minimum atomic E-state index is 0.688. The lowest BCUT2D eigenvalue weighted by molar-refractivity contribution is 0.878. The van der Waals surface area contributed by atoms with Crippen LogP contribution >= 0.6 is 11.6 Å². The average Bonchev–Trinajstić information content (AvgIpc) is 1.81. The molecular weight excluding hydrogens is 135 g/mol. The predicted octanol–water partition coefficient (Wildman–Crippen LogP) is 2.57. The third kappa shape index (κ3) is 6.82. The van der Waals surface area contributed by atoms with Gasteiger partial charge in [0, 0.05) is 5.88 Å². The Morgan fingerprint density at radius 3 is 2.62 bits per heavy atom. The standard InChI is InChI=1S/C4H9.C2H4Cl.Al/c1-3-4-2;1-2-3;/h1,3-4H2,2H3;1-2H2;. The van der Waals surface area contributed by atoms with Crippen LogP contribution in [0.1, 0.15) is 19.8 Å². The average molecular weight is 148 g/mol. The first-order valence-corrected chi connectivity index (χ1v) is 5.46. The molecule has 0 amide bonds. The topological polar surface area (TPSA) is 0 Å². The molecule has 0 unspecified atom stereocenters. The molecule has 0 aromatic heterocycles. The SMILES string of the molecule is CCC[CH2][Al][CH2]CCl. The summed E-state index contributed by atoms with van der Waals surface area (Å²) < 4.78 is 0. The van der Waals surface area contributed by atoms with Gasteiger partial charge in [0.05, 0.1) is 0 Å². The highest BCUT2D eigenvalue weighted by Gasteiger charge is 1.88. The van der Waals surface area contributed by atoms with Gasteiger partial charge in [-0.3, -0.25) is 0 Å². The molecule has 47 valence electrons. The van der Waals surface area contributed by atoms with Gasteiger partial charge in [-0.05, 0) is 0 Å². The Morgan fingerprint density at radius 1 is 1.38 bits per heavy atom. The molecule has 0 nitrogen and oxygen atoms in total. The maximum atomic E-state index is 5.50. The highest BCUT2D eigenvalue weighted by molar-refractivity contribution is 6.37. The van der Waals surface area contributed by atoms with Gasteiger partial charge in [-0.1, -0.05) is 25.0 Å². The van der Waals surface area contributed by atoms with Crippen LogP contribution in [-0.2, 0) is 0 Å². The first-order valence-electron chi connectivity index (χ1n) is 3.29. The third-order valence-corrected chi connectivity index (χ3v) is 3.17. The molecule has 0 bridgehead atoms. The van der Waals surface area contributed by atoms with Crippen molar-refractivity contribution in [3.8, 4) is 0 Å². The Balaban J connectivity index is 2.53. The Kier molecular flexibility index (Phi) is 8.63. The molecule has 0 heterocycles. The van der Waals surface area contributed by atoms with E-state index in [0.29, 0.717) is 15.2 Å². The van der Waals surface area contributed by atoms with Crippen LogP contribution in [0, 0.1) is 0 Å². The van der Waals surface area contributed by atoms with Gasteiger partial charge in [0.2, 0.25) is 15.2 Å². The van der Waals surface area contributed by atoms with E-state index in [1.165, 1.54) is 23.4 Å². The van der Waals surface area contributed by atoms with Crippen LogP contribution in [-0.4, -0.2) is 21.1 Å². The van der Waals surface area contributed by atoms with Gasteiger partial charge >= 0.3 is 0 Å². The molecule has 0 aromatic carbocycles. The second-order valence-corrected chi connectivity index (χ2v) is 4.02. The molecule has 0 N–H and O–H groups in total.